The summed E-state index contributed by atoms with van der Waals surface area (Å²) in [5.41, 5.74) is -0.445. The highest BCUT2D eigenvalue weighted by Crippen LogP contribution is 2.56. The van der Waals surface area contributed by atoms with E-state index in [0.717, 1.165) is 38.5 Å². The predicted octanol–water partition coefficient (Wildman–Crippen LogP) is 6.02. The van der Waals surface area contributed by atoms with Crippen LogP contribution in [0.25, 0.3) is 0 Å². The summed E-state index contributed by atoms with van der Waals surface area (Å²) in [6, 6.07) is 33.3. The molecule has 0 N–H and O–H groups in total. The van der Waals surface area contributed by atoms with Gasteiger partial charge in [0.1, 0.15) is 28.8 Å². The van der Waals surface area contributed by atoms with Gasteiger partial charge in [0.25, 0.3) is 0 Å². The SMILES string of the molecule is CC(C)(C)OC(=O)N1CCC(CC[P+](c2ccccc2)(c2ccccc2)c2ccccc2)CC1. The zero-order valence-corrected chi connectivity index (χ0v) is 21.6. The van der Waals surface area contributed by atoms with Crippen molar-refractivity contribution in [2.45, 2.75) is 45.6 Å². The van der Waals surface area contributed by atoms with Crippen molar-refractivity contribution in [1.82, 2.24) is 4.90 Å². The number of piperidine rings is 1. The van der Waals surface area contributed by atoms with E-state index in [2.05, 4.69) is 91.0 Å². The van der Waals surface area contributed by atoms with E-state index in [1.165, 1.54) is 15.9 Å². The Hall–Kier alpha value is -2.64. The molecule has 0 bridgehead atoms. The summed E-state index contributed by atoms with van der Waals surface area (Å²) in [5, 5.41) is 4.33. The van der Waals surface area contributed by atoms with Crippen LogP contribution in [0.2, 0.25) is 0 Å². The first kappa shape index (κ1) is 24.5. The lowest BCUT2D eigenvalue weighted by atomic mass is 9.94. The lowest BCUT2D eigenvalue weighted by molar-refractivity contribution is 0.0183. The fraction of sp³-hybridized carbons (Fsp3) is 0.367. The minimum absolute atomic E-state index is 0.175. The maximum absolute atomic E-state index is 12.5. The highest BCUT2D eigenvalue weighted by molar-refractivity contribution is 7.95. The molecule has 34 heavy (non-hydrogen) atoms. The molecule has 0 saturated carbocycles. The molecule has 0 aromatic heterocycles. The number of hydrogen-bond acceptors (Lipinski definition) is 2. The number of nitrogens with zero attached hydrogens (tertiary/aromatic N) is 1. The largest absolute Gasteiger partial charge is 0.444 e. The van der Waals surface area contributed by atoms with E-state index in [1.807, 2.05) is 25.7 Å². The molecule has 3 nitrogen and oxygen atoms in total. The van der Waals surface area contributed by atoms with E-state index >= 15 is 0 Å². The Kier molecular flexibility index (Phi) is 7.73. The summed E-state index contributed by atoms with van der Waals surface area (Å²) in [5.74, 6) is 0.620. The summed E-state index contributed by atoms with van der Waals surface area (Å²) < 4.78 is 5.59. The first-order valence-corrected chi connectivity index (χ1v) is 14.4. The molecule has 0 spiro atoms. The van der Waals surface area contributed by atoms with Crippen LogP contribution in [0, 0.1) is 5.92 Å². The van der Waals surface area contributed by atoms with Crippen molar-refractivity contribution in [2.24, 2.45) is 5.92 Å². The fourth-order valence-electron chi connectivity index (χ4n) is 4.99. The minimum atomic E-state index is -1.79. The Morgan fingerprint density at radius 2 is 1.21 bits per heavy atom. The van der Waals surface area contributed by atoms with Gasteiger partial charge in [0.15, 0.2) is 0 Å². The van der Waals surface area contributed by atoms with Crippen LogP contribution >= 0.6 is 7.26 Å². The summed E-state index contributed by atoms with van der Waals surface area (Å²) in [6.07, 6.45) is 4.21. The zero-order chi connectivity index (χ0) is 24.0. The quantitative estimate of drug-likeness (QED) is 0.409. The van der Waals surface area contributed by atoms with E-state index < -0.39 is 12.9 Å². The fourth-order valence-corrected chi connectivity index (χ4v) is 9.45. The molecule has 3 aromatic rings. The molecule has 1 saturated heterocycles. The molecule has 1 aliphatic rings. The summed E-state index contributed by atoms with van der Waals surface area (Å²) in [4.78, 5) is 14.4. The van der Waals surface area contributed by atoms with E-state index in [0.29, 0.717) is 5.92 Å². The maximum atomic E-state index is 12.5. The van der Waals surface area contributed by atoms with Crippen molar-refractivity contribution < 1.29 is 9.53 Å². The number of carbonyl (C=O) groups is 1. The molecule has 3 aromatic carbocycles. The van der Waals surface area contributed by atoms with Crippen molar-refractivity contribution in [3.8, 4) is 0 Å². The van der Waals surface area contributed by atoms with Gasteiger partial charge in [-0.2, -0.15) is 0 Å². The van der Waals surface area contributed by atoms with Gasteiger partial charge in [-0.1, -0.05) is 54.6 Å². The number of likely N-dealkylation sites (tertiary alicyclic amines) is 1. The first-order valence-electron chi connectivity index (χ1n) is 12.4. The lowest BCUT2D eigenvalue weighted by Gasteiger charge is -2.34. The van der Waals surface area contributed by atoms with Crippen LogP contribution in [0.3, 0.4) is 0 Å². The molecule has 4 heteroatoms. The van der Waals surface area contributed by atoms with Crippen molar-refractivity contribution in [1.29, 1.82) is 0 Å². The molecule has 0 aliphatic carbocycles. The monoisotopic (exact) mass is 474 g/mol. The number of hydrogen-bond donors (Lipinski definition) is 0. The van der Waals surface area contributed by atoms with Gasteiger partial charge in [0, 0.05) is 13.1 Å². The van der Waals surface area contributed by atoms with E-state index in [9.17, 15) is 4.79 Å². The lowest BCUT2D eigenvalue weighted by Crippen LogP contribution is -2.42. The van der Waals surface area contributed by atoms with E-state index in [1.54, 1.807) is 0 Å². The van der Waals surface area contributed by atoms with Gasteiger partial charge in [-0.05, 0) is 82.3 Å². The molecule has 1 aliphatic heterocycles. The van der Waals surface area contributed by atoms with Gasteiger partial charge in [0.05, 0.1) is 6.16 Å². The summed E-state index contributed by atoms with van der Waals surface area (Å²) in [6.45, 7) is 7.35. The van der Waals surface area contributed by atoms with Gasteiger partial charge in [-0.3, -0.25) is 0 Å². The first-order chi connectivity index (χ1) is 16.4. The number of carbonyl (C=O) groups excluding carboxylic acids is 1. The maximum Gasteiger partial charge on any atom is 0.410 e. The third kappa shape index (κ3) is 5.70. The van der Waals surface area contributed by atoms with Crippen LogP contribution in [0.4, 0.5) is 4.79 Å². The molecule has 1 fully saturated rings. The van der Waals surface area contributed by atoms with Crippen molar-refractivity contribution >= 4 is 29.3 Å². The minimum Gasteiger partial charge on any atom is -0.444 e. The van der Waals surface area contributed by atoms with Crippen LogP contribution in [0.5, 0.6) is 0 Å². The number of benzene rings is 3. The summed E-state index contributed by atoms with van der Waals surface area (Å²) >= 11 is 0. The predicted molar refractivity (Wildman–Crippen MR) is 145 cm³/mol. The topological polar surface area (TPSA) is 29.5 Å². The third-order valence-electron chi connectivity index (χ3n) is 6.73. The van der Waals surface area contributed by atoms with Crippen molar-refractivity contribution in [2.75, 3.05) is 19.3 Å². The zero-order valence-electron chi connectivity index (χ0n) is 20.7. The number of amides is 1. The molecule has 0 unspecified atom stereocenters. The Morgan fingerprint density at radius 3 is 1.59 bits per heavy atom. The second kappa shape index (κ2) is 10.7. The Bertz CT molecular complexity index is 943. The van der Waals surface area contributed by atoms with Gasteiger partial charge >= 0.3 is 6.09 Å². The molecule has 1 heterocycles. The average Bonchev–Trinajstić information content (AvgIpc) is 2.86. The highest BCUT2D eigenvalue weighted by Gasteiger charge is 2.45. The average molecular weight is 475 g/mol. The highest BCUT2D eigenvalue weighted by atomic mass is 31.2. The van der Waals surface area contributed by atoms with Crippen LogP contribution < -0.4 is 15.9 Å². The van der Waals surface area contributed by atoms with E-state index in [4.69, 9.17) is 4.74 Å². The van der Waals surface area contributed by atoms with Crippen LogP contribution in [0.1, 0.15) is 40.0 Å². The van der Waals surface area contributed by atoms with Crippen molar-refractivity contribution in [3.05, 3.63) is 91.0 Å². The second-order valence-corrected chi connectivity index (χ2v) is 13.9. The van der Waals surface area contributed by atoms with Crippen LogP contribution in [-0.4, -0.2) is 35.8 Å². The van der Waals surface area contributed by atoms with Crippen LogP contribution in [0.15, 0.2) is 91.0 Å². The molecule has 0 radical (unpaired) electrons. The Labute approximate surface area is 205 Å². The van der Waals surface area contributed by atoms with Crippen LogP contribution in [-0.2, 0) is 4.74 Å². The van der Waals surface area contributed by atoms with Gasteiger partial charge in [0.2, 0.25) is 0 Å². The summed E-state index contributed by atoms with van der Waals surface area (Å²) in [7, 11) is -1.79. The standard InChI is InChI=1S/C30H37NO2P/c1-30(2,3)33-29(32)31-22-19-25(20-23-31)21-24-34(26-13-7-4-8-14-26,27-15-9-5-10-16-27)28-17-11-6-12-18-28/h4-18,25H,19-24H2,1-3H3/q+1. The number of rotatable bonds is 6. The molecular formula is C30H37NO2P+. The molecule has 0 atom stereocenters. The Balaban J connectivity index is 1.57. The molecule has 1 amide bonds. The van der Waals surface area contributed by atoms with Gasteiger partial charge in [-0.15, -0.1) is 0 Å². The second-order valence-electron chi connectivity index (χ2n) is 10.2. The number of ether oxygens (including phenoxy) is 1. The smallest absolute Gasteiger partial charge is 0.410 e. The van der Waals surface area contributed by atoms with Gasteiger partial charge < -0.3 is 9.64 Å². The Morgan fingerprint density at radius 1 is 0.794 bits per heavy atom. The molecular weight excluding hydrogens is 437 g/mol. The third-order valence-corrected chi connectivity index (χ3v) is 11.2. The van der Waals surface area contributed by atoms with E-state index in [-0.39, 0.29) is 6.09 Å². The normalized spacial score (nSPS) is 15.2. The molecule has 178 valence electrons. The molecule has 4 rings (SSSR count). The van der Waals surface area contributed by atoms with Gasteiger partial charge in [-0.25, -0.2) is 4.79 Å². The van der Waals surface area contributed by atoms with Crippen molar-refractivity contribution in [3.63, 3.8) is 0 Å².